The lowest BCUT2D eigenvalue weighted by Gasteiger charge is -2.17. The lowest BCUT2D eigenvalue weighted by atomic mass is 10.1. The van der Waals surface area contributed by atoms with Crippen molar-refractivity contribution >= 4 is 57.2 Å². The molecule has 1 amide bonds. The molecule has 0 aromatic heterocycles. The molecular weight excluding hydrogens is 345 g/mol. The van der Waals surface area contributed by atoms with E-state index in [9.17, 15) is 4.79 Å². The fourth-order valence-electron chi connectivity index (χ4n) is 1.98. The Kier molecular flexibility index (Phi) is 5.43. The Morgan fingerprint density at radius 1 is 1.18 bits per heavy atom. The Balaban J connectivity index is 2.42. The molecule has 0 aliphatic carbocycles. The van der Waals surface area contributed by atoms with Gasteiger partial charge in [0.25, 0.3) is 9.70 Å². The molecule has 118 valence electrons. The molecule has 2 aromatic rings. The molecule has 0 radical (unpaired) electrons. The van der Waals surface area contributed by atoms with Crippen LogP contribution in [0.2, 0.25) is 0 Å². The number of ether oxygens (including phenoxy) is 1. The van der Waals surface area contributed by atoms with E-state index in [-0.39, 0.29) is 6.10 Å². The molecule has 0 unspecified atom stereocenters. The SMILES string of the molecule is CC[C@@H](C)Oc1ccc(NC(=O)C(Cl)(Cl)Cl)c2ccccc12. The van der Waals surface area contributed by atoms with Gasteiger partial charge in [0.15, 0.2) is 0 Å². The third kappa shape index (κ3) is 3.97. The predicted octanol–water partition coefficient (Wildman–Crippen LogP) is 5.33. The first-order valence-corrected chi connectivity index (χ1v) is 8.03. The second kappa shape index (κ2) is 6.95. The topological polar surface area (TPSA) is 38.3 Å². The van der Waals surface area contributed by atoms with E-state index < -0.39 is 9.70 Å². The summed E-state index contributed by atoms with van der Waals surface area (Å²) in [6.07, 6.45) is 1.00. The first-order chi connectivity index (χ1) is 10.3. The van der Waals surface area contributed by atoms with Gasteiger partial charge in [-0.15, -0.1) is 0 Å². The monoisotopic (exact) mass is 359 g/mol. The molecule has 0 bridgehead atoms. The zero-order valence-corrected chi connectivity index (χ0v) is 14.5. The van der Waals surface area contributed by atoms with Crippen molar-refractivity contribution in [2.24, 2.45) is 0 Å². The van der Waals surface area contributed by atoms with Gasteiger partial charge >= 0.3 is 0 Å². The average Bonchev–Trinajstić information content (AvgIpc) is 2.48. The second-order valence-electron chi connectivity index (χ2n) is 4.95. The van der Waals surface area contributed by atoms with Gasteiger partial charge in [-0.3, -0.25) is 4.79 Å². The predicted molar refractivity (Wildman–Crippen MR) is 93.2 cm³/mol. The number of amides is 1. The summed E-state index contributed by atoms with van der Waals surface area (Å²) in [7, 11) is 0. The van der Waals surface area contributed by atoms with E-state index >= 15 is 0 Å². The van der Waals surface area contributed by atoms with Crippen molar-refractivity contribution in [3.05, 3.63) is 36.4 Å². The fraction of sp³-hybridized carbons (Fsp3) is 0.312. The van der Waals surface area contributed by atoms with Crippen molar-refractivity contribution in [1.29, 1.82) is 0 Å². The van der Waals surface area contributed by atoms with Crippen molar-refractivity contribution < 1.29 is 9.53 Å². The smallest absolute Gasteiger partial charge is 0.276 e. The molecule has 22 heavy (non-hydrogen) atoms. The fourth-order valence-corrected chi connectivity index (χ4v) is 2.12. The molecule has 0 saturated carbocycles. The van der Waals surface area contributed by atoms with E-state index in [1.807, 2.05) is 37.3 Å². The van der Waals surface area contributed by atoms with E-state index in [2.05, 4.69) is 12.2 Å². The summed E-state index contributed by atoms with van der Waals surface area (Å²) in [5, 5.41) is 4.35. The van der Waals surface area contributed by atoms with Crippen LogP contribution in [0.4, 0.5) is 5.69 Å². The Morgan fingerprint density at radius 2 is 1.82 bits per heavy atom. The average molecular weight is 361 g/mol. The van der Waals surface area contributed by atoms with Gasteiger partial charge in [0.2, 0.25) is 0 Å². The van der Waals surface area contributed by atoms with Crippen LogP contribution in [0.1, 0.15) is 20.3 Å². The molecule has 0 spiro atoms. The number of alkyl halides is 3. The highest BCUT2D eigenvalue weighted by molar-refractivity contribution is 6.76. The molecule has 6 heteroatoms. The minimum absolute atomic E-state index is 0.102. The van der Waals surface area contributed by atoms with Crippen LogP contribution in [0.3, 0.4) is 0 Å². The largest absolute Gasteiger partial charge is 0.490 e. The zero-order chi connectivity index (χ0) is 16.3. The third-order valence-corrected chi connectivity index (χ3v) is 3.81. The van der Waals surface area contributed by atoms with E-state index in [0.29, 0.717) is 5.69 Å². The number of carbonyl (C=O) groups is 1. The van der Waals surface area contributed by atoms with Gasteiger partial charge in [-0.1, -0.05) is 66.0 Å². The van der Waals surface area contributed by atoms with Gasteiger partial charge in [0.1, 0.15) is 5.75 Å². The summed E-state index contributed by atoms with van der Waals surface area (Å²) in [4.78, 5) is 11.8. The molecule has 3 nitrogen and oxygen atoms in total. The minimum Gasteiger partial charge on any atom is -0.490 e. The number of benzene rings is 2. The van der Waals surface area contributed by atoms with Crippen LogP contribution < -0.4 is 10.1 Å². The molecule has 0 saturated heterocycles. The summed E-state index contributed by atoms with van der Waals surface area (Å²) in [5.41, 5.74) is 0.573. The zero-order valence-electron chi connectivity index (χ0n) is 12.2. The van der Waals surface area contributed by atoms with Crippen LogP contribution in [0.15, 0.2) is 36.4 Å². The minimum atomic E-state index is -2.01. The number of halogens is 3. The standard InChI is InChI=1S/C16H16Cl3NO2/c1-3-10(2)22-14-9-8-13(20-15(21)16(17,18)19)11-6-4-5-7-12(11)14/h4-10H,3H2,1-2H3,(H,20,21)/t10-/m1/s1. The Labute approximate surface area is 144 Å². The summed E-state index contributed by atoms with van der Waals surface area (Å²) in [5.74, 6) is 0.0649. The van der Waals surface area contributed by atoms with Crippen LogP contribution >= 0.6 is 34.8 Å². The van der Waals surface area contributed by atoms with Crippen LogP contribution in [0, 0.1) is 0 Å². The summed E-state index contributed by atoms with van der Waals surface area (Å²) < 4.78 is 3.91. The molecule has 1 N–H and O–H groups in total. The number of fused-ring (bicyclic) bond motifs is 1. The Morgan fingerprint density at radius 3 is 2.41 bits per heavy atom. The number of carbonyl (C=O) groups excluding carboxylic acids is 1. The number of hydrogen-bond donors (Lipinski definition) is 1. The van der Waals surface area contributed by atoms with Gasteiger partial charge in [0.05, 0.1) is 6.10 Å². The molecule has 0 heterocycles. The maximum absolute atomic E-state index is 11.8. The number of nitrogens with one attached hydrogen (secondary N) is 1. The highest BCUT2D eigenvalue weighted by Crippen LogP contribution is 2.34. The number of rotatable bonds is 4. The summed E-state index contributed by atoms with van der Waals surface area (Å²) in [6, 6.07) is 11.1. The van der Waals surface area contributed by atoms with Crippen LogP contribution in [-0.2, 0) is 4.79 Å². The van der Waals surface area contributed by atoms with Gasteiger partial charge in [0, 0.05) is 16.5 Å². The third-order valence-electron chi connectivity index (χ3n) is 3.29. The molecule has 2 aromatic carbocycles. The molecular formula is C16H16Cl3NO2. The van der Waals surface area contributed by atoms with Gasteiger partial charge < -0.3 is 10.1 Å². The number of anilines is 1. The molecule has 2 rings (SSSR count). The molecule has 0 aliphatic heterocycles. The number of hydrogen-bond acceptors (Lipinski definition) is 2. The van der Waals surface area contributed by atoms with E-state index in [1.165, 1.54) is 0 Å². The maximum Gasteiger partial charge on any atom is 0.276 e. The van der Waals surface area contributed by atoms with Crippen LogP contribution in [0.5, 0.6) is 5.75 Å². The first-order valence-electron chi connectivity index (χ1n) is 6.89. The van der Waals surface area contributed by atoms with E-state index in [1.54, 1.807) is 6.07 Å². The van der Waals surface area contributed by atoms with Crippen LogP contribution in [0.25, 0.3) is 10.8 Å². The van der Waals surface area contributed by atoms with Gasteiger partial charge in [-0.25, -0.2) is 0 Å². The van der Waals surface area contributed by atoms with Crippen molar-refractivity contribution in [1.82, 2.24) is 0 Å². The van der Waals surface area contributed by atoms with Gasteiger partial charge in [-0.2, -0.15) is 0 Å². The van der Waals surface area contributed by atoms with Gasteiger partial charge in [-0.05, 0) is 25.5 Å². The van der Waals surface area contributed by atoms with Crippen molar-refractivity contribution in [3.8, 4) is 5.75 Å². The lowest BCUT2D eigenvalue weighted by Crippen LogP contribution is -2.27. The highest BCUT2D eigenvalue weighted by atomic mass is 35.6. The van der Waals surface area contributed by atoms with Crippen molar-refractivity contribution in [2.45, 2.75) is 30.2 Å². The van der Waals surface area contributed by atoms with Crippen LogP contribution in [-0.4, -0.2) is 15.8 Å². The highest BCUT2D eigenvalue weighted by Gasteiger charge is 2.31. The van der Waals surface area contributed by atoms with Crippen molar-refractivity contribution in [2.75, 3.05) is 5.32 Å². The first kappa shape index (κ1) is 17.2. The van der Waals surface area contributed by atoms with E-state index in [0.717, 1.165) is 22.9 Å². The summed E-state index contributed by atoms with van der Waals surface area (Å²) in [6.45, 7) is 4.07. The van der Waals surface area contributed by atoms with Crippen molar-refractivity contribution in [3.63, 3.8) is 0 Å². The Hall–Kier alpha value is -1.16. The summed E-state index contributed by atoms with van der Waals surface area (Å²) >= 11 is 16.8. The normalized spacial score (nSPS) is 13.0. The lowest BCUT2D eigenvalue weighted by molar-refractivity contribution is -0.115. The second-order valence-corrected chi connectivity index (χ2v) is 7.23. The molecule has 0 fully saturated rings. The Bertz CT molecular complexity index is 683. The molecule has 1 atom stereocenters. The van der Waals surface area contributed by atoms with E-state index in [4.69, 9.17) is 39.5 Å². The molecule has 0 aliphatic rings. The maximum atomic E-state index is 11.8. The quantitative estimate of drug-likeness (QED) is 0.749.